The van der Waals surface area contributed by atoms with Crippen LogP contribution in [0, 0.1) is 0 Å². The lowest BCUT2D eigenvalue weighted by Crippen LogP contribution is -2.22. The standard InChI is InChI=1S/C29H31NO6/c1-30(2)24-13-7-21(8-14-24)29(22-9-15-25(16-10-22)35-19-3-5-27(31)32)23-11-17-26(18-12-23)36-20-4-6-28(33)34/h7-18H,3-6,19-20H2,1-2H3,(H-,31,32,33,34). The van der Waals surface area contributed by atoms with E-state index in [1.807, 2.05) is 67.2 Å². The molecule has 188 valence electrons. The van der Waals surface area contributed by atoms with E-state index >= 15 is 0 Å². The minimum absolute atomic E-state index is 0.0295. The molecule has 1 aliphatic rings. The van der Waals surface area contributed by atoms with E-state index in [2.05, 4.69) is 24.3 Å². The number of carboxylic acids is 2. The molecular formula is C29H31NO6. The van der Waals surface area contributed by atoms with Gasteiger partial charge in [-0.3, -0.25) is 4.79 Å². The molecular weight excluding hydrogens is 458 g/mol. The van der Waals surface area contributed by atoms with Crippen LogP contribution < -0.4 is 14.6 Å². The number of rotatable bonds is 12. The van der Waals surface area contributed by atoms with Crippen LogP contribution in [0.15, 0.2) is 78.4 Å². The van der Waals surface area contributed by atoms with Crippen LogP contribution in [0.2, 0.25) is 0 Å². The number of carbonyl (C=O) groups excluding carboxylic acids is 1. The highest BCUT2D eigenvalue weighted by molar-refractivity contribution is 6.03. The lowest BCUT2D eigenvalue weighted by molar-refractivity contribution is -0.462. The van der Waals surface area contributed by atoms with Gasteiger partial charge in [0.05, 0.1) is 13.2 Å². The summed E-state index contributed by atoms with van der Waals surface area (Å²) in [5.41, 5.74) is 5.21. The highest BCUT2D eigenvalue weighted by Gasteiger charge is 2.14. The third-order valence-electron chi connectivity index (χ3n) is 5.56. The van der Waals surface area contributed by atoms with E-state index in [0.717, 1.165) is 28.0 Å². The predicted molar refractivity (Wildman–Crippen MR) is 136 cm³/mol. The topological polar surface area (TPSA) is 98.9 Å². The Morgan fingerprint density at radius 2 is 1.25 bits per heavy atom. The molecule has 0 amide bonds. The van der Waals surface area contributed by atoms with E-state index in [1.165, 1.54) is 0 Å². The molecule has 0 atom stereocenters. The second kappa shape index (κ2) is 13.1. The fourth-order valence-electron chi connectivity index (χ4n) is 3.68. The fraction of sp³-hybridized carbons (Fsp3) is 0.276. The molecule has 2 aromatic rings. The van der Waals surface area contributed by atoms with Gasteiger partial charge in [-0.2, -0.15) is 0 Å². The SMILES string of the molecule is C[N+](C)=C1C=CC(=C(c2ccc(OCCCC(=O)[O-])cc2)c2ccc(OCCCC(=O)O)cc2)C=C1. The van der Waals surface area contributed by atoms with Crippen LogP contribution in [0.5, 0.6) is 11.5 Å². The van der Waals surface area contributed by atoms with Crippen molar-refractivity contribution < 1.29 is 33.9 Å². The van der Waals surface area contributed by atoms with Gasteiger partial charge in [0.25, 0.3) is 0 Å². The summed E-state index contributed by atoms with van der Waals surface area (Å²) in [6, 6.07) is 15.5. The molecule has 7 heteroatoms. The lowest BCUT2D eigenvalue weighted by atomic mass is 9.90. The zero-order valence-corrected chi connectivity index (χ0v) is 20.6. The van der Waals surface area contributed by atoms with Crippen molar-refractivity contribution in [1.82, 2.24) is 0 Å². The van der Waals surface area contributed by atoms with Crippen molar-refractivity contribution in [3.63, 3.8) is 0 Å². The maximum Gasteiger partial charge on any atom is 0.303 e. The molecule has 0 fully saturated rings. The van der Waals surface area contributed by atoms with Crippen molar-refractivity contribution >= 4 is 23.2 Å². The van der Waals surface area contributed by atoms with Gasteiger partial charge in [-0.15, -0.1) is 0 Å². The average Bonchev–Trinajstić information content (AvgIpc) is 2.86. The normalized spacial score (nSPS) is 12.4. The summed E-state index contributed by atoms with van der Waals surface area (Å²) in [6.45, 7) is 0.655. The van der Waals surface area contributed by atoms with E-state index in [4.69, 9.17) is 14.6 Å². The van der Waals surface area contributed by atoms with Crippen molar-refractivity contribution in [2.45, 2.75) is 25.7 Å². The molecule has 0 aliphatic heterocycles. The molecule has 0 spiro atoms. The Labute approximate surface area is 211 Å². The zero-order chi connectivity index (χ0) is 25.9. The maximum absolute atomic E-state index is 10.7. The second-order valence-electron chi connectivity index (χ2n) is 8.53. The average molecular weight is 490 g/mol. The Balaban J connectivity index is 1.83. The van der Waals surface area contributed by atoms with E-state index in [-0.39, 0.29) is 12.8 Å². The van der Waals surface area contributed by atoms with Gasteiger partial charge in [0.15, 0.2) is 5.71 Å². The van der Waals surface area contributed by atoms with Gasteiger partial charge in [-0.25, -0.2) is 4.58 Å². The Morgan fingerprint density at radius 3 is 1.67 bits per heavy atom. The van der Waals surface area contributed by atoms with E-state index in [0.29, 0.717) is 37.6 Å². The largest absolute Gasteiger partial charge is 0.550 e. The Morgan fingerprint density at radius 1 is 0.778 bits per heavy atom. The number of aliphatic carboxylic acids is 2. The zero-order valence-electron chi connectivity index (χ0n) is 20.6. The molecule has 36 heavy (non-hydrogen) atoms. The first-order valence-electron chi connectivity index (χ1n) is 11.9. The van der Waals surface area contributed by atoms with Crippen molar-refractivity contribution in [2.24, 2.45) is 0 Å². The Bertz CT molecular complexity index is 1100. The first kappa shape index (κ1) is 26.5. The van der Waals surface area contributed by atoms with E-state index < -0.39 is 11.9 Å². The Kier molecular flexibility index (Phi) is 9.63. The van der Waals surface area contributed by atoms with Gasteiger partial charge < -0.3 is 24.5 Å². The number of ether oxygens (including phenoxy) is 2. The van der Waals surface area contributed by atoms with Crippen molar-refractivity contribution in [1.29, 1.82) is 0 Å². The summed E-state index contributed by atoms with van der Waals surface area (Å²) >= 11 is 0. The summed E-state index contributed by atoms with van der Waals surface area (Å²) in [7, 11) is 4.00. The van der Waals surface area contributed by atoms with E-state index in [1.54, 1.807) is 0 Å². The predicted octanol–water partition coefficient (Wildman–Crippen LogP) is 3.48. The smallest absolute Gasteiger partial charge is 0.303 e. The number of carbonyl (C=O) groups is 2. The molecule has 0 radical (unpaired) electrons. The van der Waals surface area contributed by atoms with E-state index in [9.17, 15) is 14.7 Å². The third-order valence-corrected chi connectivity index (χ3v) is 5.56. The van der Waals surface area contributed by atoms with Crippen LogP contribution in [0.1, 0.15) is 36.8 Å². The molecule has 0 bridgehead atoms. The van der Waals surface area contributed by atoms with Crippen molar-refractivity contribution in [3.05, 3.63) is 89.5 Å². The monoisotopic (exact) mass is 489 g/mol. The summed E-state index contributed by atoms with van der Waals surface area (Å²) in [4.78, 5) is 21.2. The quantitative estimate of drug-likeness (QED) is 0.362. The first-order valence-corrected chi connectivity index (χ1v) is 11.9. The number of carboxylic acid groups (broad SMARTS) is 2. The minimum atomic E-state index is -1.08. The number of hydrogen-bond acceptors (Lipinski definition) is 5. The summed E-state index contributed by atoms with van der Waals surface area (Å²) in [5, 5.41) is 19.3. The van der Waals surface area contributed by atoms with Gasteiger partial charge in [0.1, 0.15) is 25.6 Å². The molecule has 0 unspecified atom stereocenters. The molecule has 7 nitrogen and oxygen atoms in total. The van der Waals surface area contributed by atoms with Crippen molar-refractivity contribution in [2.75, 3.05) is 27.3 Å². The number of nitrogens with zero attached hydrogens (tertiary/aromatic N) is 1. The molecule has 1 N–H and O–H groups in total. The van der Waals surface area contributed by atoms with Gasteiger partial charge in [-0.1, -0.05) is 24.3 Å². The molecule has 1 aliphatic carbocycles. The number of hydrogen-bond donors (Lipinski definition) is 1. The third kappa shape index (κ3) is 7.98. The maximum atomic E-state index is 10.7. The fourth-order valence-corrected chi connectivity index (χ4v) is 3.68. The van der Waals surface area contributed by atoms with Gasteiger partial charge in [-0.05, 0) is 78.0 Å². The summed E-state index contributed by atoms with van der Waals surface area (Å²) in [6.07, 6.45) is 9.22. The Hall–Kier alpha value is -4.13. The van der Waals surface area contributed by atoms with Gasteiger partial charge >= 0.3 is 5.97 Å². The van der Waals surface area contributed by atoms with Crippen LogP contribution in [-0.4, -0.2) is 54.6 Å². The van der Waals surface area contributed by atoms with Gasteiger partial charge in [0.2, 0.25) is 0 Å². The molecule has 2 aromatic carbocycles. The van der Waals surface area contributed by atoms with Crippen LogP contribution >= 0.6 is 0 Å². The minimum Gasteiger partial charge on any atom is -0.550 e. The second-order valence-corrected chi connectivity index (χ2v) is 8.53. The van der Waals surface area contributed by atoms with Gasteiger partial charge in [0, 0.05) is 24.5 Å². The van der Waals surface area contributed by atoms with Crippen LogP contribution in [0.3, 0.4) is 0 Å². The van der Waals surface area contributed by atoms with Crippen LogP contribution in [-0.2, 0) is 9.59 Å². The molecule has 0 saturated heterocycles. The first-order chi connectivity index (χ1) is 17.3. The molecule has 0 aromatic heterocycles. The molecule has 0 saturated carbocycles. The highest BCUT2D eigenvalue weighted by Crippen LogP contribution is 2.32. The number of allylic oxidation sites excluding steroid dienone is 5. The van der Waals surface area contributed by atoms with Crippen molar-refractivity contribution in [3.8, 4) is 11.5 Å². The molecule has 3 rings (SSSR count). The van der Waals surface area contributed by atoms with Crippen LogP contribution in [0.4, 0.5) is 0 Å². The molecule has 0 heterocycles. The lowest BCUT2D eigenvalue weighted by Gasteiger charge is -2.15. The number of benzene rings is 2. The van der Waals surface area contributed by atoms with Crippen LogP contribution in [0.25, 0.3) is 5.57 Å². The summed E-state index contributed by atoms with van der Waals surface area (Å²) < 4.78 is 13.4. The summed E-state index contributed by atoms with van der Waals surface area (Å²) in [5.74, 6) is -0.552. The highest BCUT2D eigenvalue weighted by atomic mass is 16.5.